The Morgan fingerprint density at radius 3 is 2.44 bits per heavy atom. The highest BCUT2D eigenvalue weighted by molar-refractivity contribution is 5.67. The number of benzene rings is 1. The predicted molar refractivity (Wildman–Crippen MR) is 60.9 cm³/mol. The quantitative estimate of drug-likeness (QED) is 0.810. The smallest absolute Gasteiger partial charge is 0.303 e. The Kier molecular flexibility index (Phi) is 3.88. The molecule has 0 saturated carbocycles. The molecule has 0 spiro atoms. The van der Waals surface area contributed by atoms with Gasteiger partial charge in [0.15, 0.2) is 0 Å². The second-order valence-electron chi connectivity index (χ2n) is 4.60. The van der Waals surface area contributed by atoms with Crippen LogP contribution in [0.3, 0.4) is 0 Å². The summed E-state index contributed by atoms with van der Waals surface area (Å²) in [6.07, 6.45) is 0.0984. The van der Waals surface area contributed by atoms with Crippen molar-refractivity contribution < 1.29 is 14.3 Å². The SMILES string of the molecule is CC(C)(CNc1ccc(F)cc1)CC(=O)O. The second kappa shape index (κ2) is 4.96. The molecule has 0 heterocycles. The van der Waals surface area contributed by atoms with Crippen LogP contribution in [0, 0.1) is 11.2 Å². The molecule has 16 heavy (non-hydrogen) atoms. The molecule has 0 aromatic heterocycles. The summed E-state index contributed by atoms with van der Waals surface area (Å²) in [7, 11) is 0. The third kappa shape index (κ3) is 4.29. The summed E-state index contributed by atoms with van der Waals surface area (Å²) in [5.41, 5.74) is 0.458. The van der Waals surface area contributed by atoms with E-state index >= 15 is 0 Å². The average Bonchev–Trinajstić information content (AvgIpc) is 2.15. The molecule has 1 aromatic carbocycles. The molecule has 2 N–H and O–H groups in total. The largest absolute Gasteiger partial charge is 0.481 e. The van der Waals surface area contributed by atoms with Crippen LogP contribution < -0.4 is 5.32 Å². The molecule has 1 rings (SSSR count). The molecule has 88 valence electrons. The predicted octanol–water partition coefficient (Wildman–Crippen LogP) is 2.74. The van der Waals surface area contributed by atoms with Gasteiger partial charge in [-0.25, -0.2) is 4.39 Å². The van der Waals surface area contributed by atoms with Crippen LogP contribution in [0.4, 0.5) is 10.1 Å². The number of rotatable bonds is 5. The van der Waals surface area contributed by atoms with E-state index in [1.807, 2.05) is 13.8 Å². The Hall–Kier alpha value is -1.58. The summed E-state index contributed by atoms with van der Waals surface area (Å²) in [6, 6.07) is 6.00. The lowest BCUT2D eigenvalue weighted by Gasteiger charge is -2.23. The lowest BCUT2D eigenvalue weighted by molar-refractivity contribution is -0.139. The van der Waals surface area contributed by atoms with Gasteiger partial charge in [0.2, 0.25) is 0 Å². The topological polar surface area (TPSA) is 49.3 Å². The summed E-state index contributed by atoms with van der Waals surface area (Å²) in [5.74, 6) is -1.10. The van der Waals surface area contributed by atoms with Crippen LogP contribution in [0.1, 0.15) is 20.3 Å². The first-order chi connectivity index (χ1) is 7.39. The number of halogens is 1. The summed E-state index contributed by atoms with van der Waals surface area (Å²) in [6.45, 7) is 4.28. The fraction of sp³-hybridized carbons (Fsp3) is 0.417. The van der Waals surface area contributed by atoms with Crippen LogP contribution in [0.5, 0.6) is 0 Å². The Labute approximate surface area is 94.3 Å². The number of carboxylic acids is 1. The standard InChI is InChI=1S/C12H16FNO2/c1-12(2,7-11(15)16)8-14-10-5-3-9(13)4-6-10/h3-6,14H,7-8H2,1-2H3,(H,15,16). The number of carbonyl (C=O) groups is 1. The van der Waals surface area contributed by atoms with E-state index in [0.717, 1.165) is 5.69 Å². The van der Waals surface area contributed by atoms with Crippen LogP contribution in [0.25, 0.3) is 0 Å². The number of hydrogen-bond acceptors (Lipinski definition) is 2. The molecule has 0 unspecified atom stereocenters. The van der Waals surface area contributed by atoms with Crippen molar-refractivity contribution in [1.29, 1.82) is 0 Å². The van der Waals surface area contributed by atoms with Crippen molar-refractivity contribution in [1.82, 2.24) is 0 Å². The van der Waals surface area contributed by atoms with Crippen molar-refractivity contribution in [3.8, 4) is 0 Å². The van der Waals surface area contributed by atoms with E-state index in [1.165, 1.54) is 12.1 Å². The van der Waals surface area contributed by atoms with E-state index in [1.54, 1.807) is 12.1 Å². The molecule has 0 aliphatic carbocycles. The highest BCUT2D eigenvalue weighted by Crippen LogP contribution is 2.21. The third-order valence-electron chi connectivity index (χ3n) is 2.25. The molecule has 0 bridgehead atoms. The van der Waals surface area contributed by atoms with Crippen LogP contribution >= 0.6 is 0 Å². The van der Waals surface area contributed by atoms with Crippen molar-refractivity contribution in [2.75, 3.05) is 11.9 Å². The van der Waals surface area contributed by atoms with Crippen molar-refractivity contribution in [3.05, 3.63) is 30.1 Å². The van der Waals surface area contributed by atoms with Crippen LogP contribution in [0.15, 0.2) is 24.3 Å². The summed E-state index contributed by atoms with van der Waals surface area (Å²) < 4.78 is 12.6. The second-order valence-corrected chi connectivity index (χ2v) is 4.60. The van der Waals surface area contributed by atoms with Crippen molar-refractivity contribution in [2.45, 2.75) is 20.3 Å². The van der Waals surface area contributed by atoms with Gasteiger partial charge in [0, 0.05) is 12.2 Å². The maximum absolute atomic E-state index is 12.6. The van der Waals surface area contributed by atoms with Crippen molar-refractivity contribution >= 4 is 11.7 Å². The molecule has 0 fully saturated rings. The first kappa shape index (κ1) is 12.5. The fourth-order valence-electron chi connectivity index (χ4n) is 1.38. The van der Waals surface area contributed by atoms with Gasteiger partial charge < -0.3 is 10.4 Å². The van der Waals surface area contributed by atoms with Gasteiger partial charge in [-0.15, -0.1) is 0 Å². The van der Waals surface area contributed by atoms with E-state index in [2.05, 4.69) is 5.32 Å². The number of aliphatic carboxylic acids is 1. The molecule has 0 aliphatic rings. The molecular weight excluding hydrogens is 209 g/mol. The van der Waals surface area contributed by atoms with Gasteiger partial charge in [0.1, 0.15) is 5.82 Å². The average molecular weight is 225 g/mol. The monoisotopic (exact) mass is 225 g/mol. The Bertz CT molecular complexity index is 360. The normalized spacial score (nSPS) is 11.2. The van der Waals surface area contributed by atoms with Gasteiger partial charge in [0.25, 0.3) is 0 Å². The Morgan fingerprint density at radius 2 is 1.94 bits per heavy atom. The lowest BCUT2D eigenvalue weighted by Crippen LogP contribution is -2.26. The minimum absolute atomic E-state index is 0.0984. The molecule has 0 aliphatic heterocycles. The van der Waals surface area contributed by atoms with Crippen LogP contribution in [-0.4, -0.2) is 17.6 Å². The van der Waals surface area contributed by atoms with Gasteiger partial charge in [-0.05, 0) is 29.7 Å². The molecule has 0 atom stereocenters. The molecular formula is C12H16FNO2. The van der Waals surface area contributed by atoms with Gasteiger partial charge in [0.05, 0.1) is 6.42 Å². The minimum Gasteiger partial charge on any atom is -0.481 e. The zero-order valence-corrected chi connectivity index (χ0v) is 9.46. The lowest BCUT2D eigenvalue weighted by atomic mass is 9.89. The summed E-state index contributed by atoms with van der Waals surface area (Å²) in [4.78, 5) is 10.6. The number of anilines is 1. The molecule has 1 aromatic rings. The zero-order chi connectivity index (χ0) is 12.2. The van der Waals surface area contributed by atoms with E-state index in [0.29, 0.717) is 6.54 Å². The summed E-state index contributed by atoms with van der Waals surface area (Å²) in [5, 5.41) is 11.8. The van der Waals surface area contributed by atoms with Crippen LogP contribution in [-0.2, 0) is 4.79 Å². The van der Waals surface area contributed by atoms with Crippen molar-refractivity contribution in [2.24, 2.45) is 5.41 Å². The van der Waals surface area contributed by atoms with Gasteiger partial charge in [-0.3, -0.25) is 4.79 Å². The zero-order valence-electron chi connectivity index (χ0n) is 9.46. The van der Waals surface area contributed by atoms with E-state index in [-0.39, 0.29) is 17.7 Å². The van der Waals surface area contributed by atoms with Gasteiger partial charge >= 0.3 is 5.97 Å². The molecule has 4 heteroatoms. The highest BCUT2D eigenvalue weighted by atomic mass is 19.1. The van der Waals surface area contributed by atoms with E-state index in [4.69, 9.17) is 5.11 Å². The summed E-state index contributed by atoms with van der Waals surface area (Å²) >= 11 is 0. The molecule has 0 saturated heterocycles. The molecule has 0 amide bonds. The first-order valence-corrected chi connectivity index (χ1v) is 5.10. The van der Waals surface area contributed by atoms with E-state index in [9.17, 15) is 9.18 Å². The van der Waals surface area contributed by atoms with Crippen LogP contribution in [0.2, 0.25) is 0 Å². The number of nitrogens with one attached hydrogen (secondary N) is 1. The van der Waals surface area contributed by atoms with Gasteiger partial charge in [-0.2, -0.15) is 0 Å². The number of hydrogen-bond donors (Lipinski definition) is 2. The fourth-order valence-corrected chi connectivity index (χ4v) is 1.38. The highest BCUT2D eigenvalue weighted by Gasteiger charge is 2.21. The maximum atomic E-state index is 12.6. The van der Waals surface area contributed by atoms with Gasteiger partial charge in [-0.1, -0.05) is 13.8 Å². The third-order valence-corrected chi connectivity index (χ3v) is 2.25. The first-order valence-electron chi connectivity index (χ1n) is 5.10. The molecule has 3 nitrogen and oxygen atoms in total. The Morgan fingerprint density at radius 1 is 1.38 bits per heavy atom. The van der Waals surface area contributed by atoms with E-state index < -0.39 is 5.97 Å². The minimum atomic E-state index is -0.814. The maximum Gasteiger partial charge on any atom is 0.303 e. The molecule has 0 radical (unpaired) electrons. The Balaban J connectivity index is 2.50. The number of carboxylic acid groups (broad SMARTS) is 1. The van der Waals surface area contributed by atoms with Crippen molar-refractivity contribution in [3.63, 3.8) is 0 Å².